The number of rotatable bonds is 3. The van der Waals surface area contributed by atoms with E-state index in [0.29, 0.717) is 20.7 Å². The van der Waals surface area contributed by atoms with Gasteiger partial charge in [-0.1, -0.05) is 40.9 Å². The lowest BCUT2D eigenvalue weighted by Gasteiger charge is -2.27. The predicted molar refractivity (Wildman–Crippen MR) is 95.6 cm³/mol. The second kappa shape index (κ2) is 7.28. The number of halogens is 3. The third-order valence-electron chi connectivity index (χ3n) is 3.16. The summed E-state index contributed by atoms with van der Waals surface area (Å²) < 4.78 is 0. The molecule has 0 saturated heterocycles. The van der Waals surface area contributed by atoms with Crippen molar-refractivity contribution >= 4 is 64.3 Å². The molecule has 0 aliphatic carbocycles. The van der Waals surface area contributed by atoms with Crippen LogP contribution in [-0.4, -0.2) is 32.8 Å². The van der Waals surface area contributed by atoms with Crippen LogP contribution in [0.5, 0.6) is 0 Å². The molecule has 2 heterocycles. The minimum atomic E-state index is -0.977. The Bertz CT molecular complexity index is 911. The van der Waals surface area contributed by atoms with E-state index in [1.165, 1.54) is 24.5 Å². The molecule has 0 spiro atoms. The first kappa shape index (κ1) is 18.1. The minimum absolute atomic E-state index is 0.232. The molecule has 1 N–H and O–H groups in total. The van der Waals surface area contributed by atoms with Crippen LogP contribution in [0, 0.1) is 0 Å². The molecule has 0 fully saturated rings. The zero-order chi connectivity index (χ0) is 18.8. The summed E-state index contributed by atoms with van der Waals surface area (Å²) in [5.41, 5.74) is 0.327. The van der Waals surface area contributed by atoms with Gasteiger partial charge in [0.05, 0.1) is 0 Å². The highest BCUT2D eigenvalue weighted by atomic mass is 35.5. The van der Waals surface area contributed by atoms with Crippen molar-refractivity contribution in [1.29, 1.82) is 0 Å². The molecule has 0 radical (unpaired) electrons. The van der Waals surface area contributed by atoms with E-state index in [0.717, 1.165) is 0 Å². The van der Waals surface area contributed by atoms with E-state index in [4.69, 9.17) is 34.8 Å². The Balaban J connectivity index is 1.99. The van der Waals surface area contributed by atoms with Crippen LogP contribution in [0.3, 0.4) is 0 Å². The molecule has 8 nitrogen and oxygen atoms in total. The van der Waals surface area contributed by atoms with Gasteiger partial charge in [-0.3, -0.25) is 9.59 Å². The molecule has 3 rings (SSSR count). The second-order valence-corrected chi connectivity index (χ2v) is 6.04. The molecule has 132 valence electrons. The Morgan fingerprint density at radius 1 is 1.00 bits per heavy atom. The molecule has 1 aliphatic rings. The lowest BCUT2D eigenvalue weighted by molar-refractivity contribution is -0.137. The van der Waals surface area contributed by atoms with Crippen LogP contribution < -0.4 is 10.3 Å². The molecular weight excluding hydrogens is 405 g/mol. The number of hydrazine groups is 1. The summed E-state index contributed by atoms with van der Waals surface area (Å²) in [6.45, 7) is 0. The second-order valence-electron chi connectivity index (χ2n) is 4.85. The van der Waals surface area contributed by atoms with E-state index in [2.05, 4.69) is 15.3 Å². The first-order valence-corrected chi connectivity index (χ1v) is 8.11. The fourth-order valence-electron chi connectivity index (χ4n) is 2.06. The molecule has 4 amide bonds. The maximum Gasteiger partial charge on any atom is 0.348 e. The van der Waals surface area contributed by atoms with E-state index < -0.39 is 27.9 Å². The van der Waals surface area contributed by atoms with Crippen LogP contribution in [-0.2, 0) is 9.59 Å². The molecule has 2 aromatic rings. The largest absolute Gasteiger partial charge is 0.348 e. The van der Waals surface area contributed by atoms with Gasteiger partial charge in [-0.05, 0) is 24.3 Å². The third-order valence-corrected chi connectivity index (χ3v) is 4.20. The number of aromatic nitrogens is 2. The lowest BCUT2D eigenvalue weighted by Crippen LogP contribution is -2.53. The molecular formula is C15H8Cl3N5O3. The van der Waals surface area contributed by atoms with E-state index in [-0.39, 0.29) is 5.95 Å². The van der Waals surface area contributed by atoms with Gasteiger partial charge in [-0.15, -0.1) is 0 Å². The number of anilines is 2. The number of imide groups is 1. The number of hydrogen-bond donors (Lipinski definition) is 1. The zero-order valence-electron chi connectivity index (χ0n) is 12.7. The quantitative estimate of drug-likeness (QED) is 0.781. The van der Waals surface area contributed by atoms with Gasteiger partial charge in [0, 0.05) is 23.1 Å². The normalized spacial score (nSPS) is 14.0. The summed E-state index contributed by atoms with van der Waals surface area (Å²) in [7, 11) is 0. The summed E-state index contributed by atoms with van der Waals surface area (Å²) in [5.74, 6) is -2.18. The maximum atomic E-state index is 12.8. The Morgan fingerprint density at radius 3 is 2.19 bits per heavy atom. The van der Waals surface area contributed by atoms with Gasteiger partial charge in [-0.25, -0.2) is 14.8 Å². The van der Waals surface area contributed by atoms with Gasteiger partial charge in [0.15, 0.2) is 0 Å². The molecule has 1 aromatic heterocycles. The number of amides is 4. The van der Waals surface area contributed by atoms with Crippen molar-refractivity contribution < 1.29 is 14.4 Å². The number of nitrogens with one attached hydrogen (secondary N) is 1. The average molecular weight is 413 g/mol. The Labute approximate surface area is 161 Å². The number of carbonyl (C=O) groups excluding carboxylic acids is 3. The van der Waals surface area contributed by atoms with Crippen LogP contribution in [0.25, 0.3) is 0 Å². The third kappa shape index (κ3) is 3.34. The molecule has 1 aromatic carbocycles. The molecule has 0 unspecified atom stereocenters. The van der Waals surface area contributed by atoms with E-state index in [9.17, 15) is 14.4 Å². The molecule has 0 atom stereocenters. The number of urea groups is 1. The van der Waals surface area contributed by atoms with Gasteiger partial charge < -0.3 is 5.32 Å². The molecule has 0 saturated carbocycles. The summed E-state index contributed by atoms with van der Waals surface area (Å²) >= 11 is 17.4. The van der Waals surface area contributed by atoms with Crippen LogP contribution in [0.2, 0.25) is 5.02 Å². The van der Waals surface area contributed by atoms with Crippen LogP contribution in [0.15, 0.2) is 52.8 Å². The van der Waals surface area contributed by atoms with Gasteiger partial charge >= 0.3 is 6.03 Å². The summed E-state index contributed by atoms with van der Waals surface area (Å²) in [4.78, 5) is 45.1. The molecule has 0 bridgehead atoms. The Morgan fingerprint density at radius 2 is 1.62 bits per heavy atom. The molecule has 1 aliphatic heterocycles. The maximum absolute atomic E-state index is 12.8. The van der Waals surface area contributed by atoms with Crippen LogP contribution >= 0.6 is 34.8 Å². The average Bonchev–Trinajstić information content (AvgIpc) is 2.81. The highest BCUT2D eigenvalue weighted by Gasteiger charge is 2.44. The summed E-state index contributed by atoms with van der Waals surface area (Å²) in [6.07, 6.45) is 2.67. The van der Waals surface area contributed by atoms with Crippen molar-refractivity contribution in [2.24, 2.45) is 0 Å². The first-order valence-electron chi connectivity index (χ1n) is 6.98. The fourth-order valence-corrected chi connectivity index (χ4v) is 2.57. The summed E-state index contributed by atoms with van der Waals surface area (Å²) in [6, 6.07) is 6.89. The van der Waals surface area contributed by atoms with E-state index >= 15 is 0 Å². The van der Waals surface area contributed by atoms with Gasteiger partial charge in [0.1, 0.15) is 10.1 Å². The number of nitrogens with zero attached hydrogens (tertiary/aromatic N) is 4. The van der Waals surface area contributed by atoms with Crippen molar-refractivity contribution in [2.75, 3.05) is 10.3 Å². The first-order chi connectivity index (χ1) is 12.4. The Kier molecular flexibility index (Phi) is 5.08. The van der Waals surface area contributed by atoms with Crippen molar-refractivity contribution in [2.45, 2.75) is 0 Å². The van der Waals surface area contributed by atoms with Crippen molar-refractivity contribution in [3.05, 3.63) is 57.8 Å². The standard InChI is InChI=1S/C15H8Cl3N5O3/c16-8-3-1-4-9(7-8)21-15(26)23(14-19-5-2-6-20-14)22-12(24)10(17)11(18)13(22)25/h1-7H,(H,21,26). The Hall–Kier alpha value is -2.68. The van der Waals surface area contributed by atoms with E-state index in [1.807, 2.05) is 0 Å². The SMILES string of the molecule is O=C1C(Cl)=C(Cl)C(=O)N1N(C(=O)Nc1cccc(Cl)c1)c1ncccn1. The van der Waals surface area contributed by atoms with Crippen molar-refractivity contribution in [3.8, 4) is 0 Å². The number of benzene rings is 1. The van der Waals surface area contributed by atoms with Gasteiger partial charge in [0.2, 0.25) is 0 Å². The predicted octanol–water partition coefficient (Wildman–Crippen LogP) is 3.14. The molecule has 26 heavy (non-hydrogen) atoms. The molecule has 11 heteroatoms. The van der Waals surface area contributed by atoms with Crippen LogP contribution in [0.4, 0.5) is 16.4 Å². The van der Waals surface area contributed by atoms with Crippen LogP contribution in [0.1, 0.15) is 0 Å². The monoisotopic (exact) mass is 411 g/mol. The topological polar surface area (TPSA) is 95.5 Å². The lowest BCUT2D eigenvalue weighted by atomic mass is 10.3. The number of carbonyl (C=O) groups is 3. The fraction of sp³-hybridized carbons (Fsp3) is 0. The zero-order valence-corrected chi connectivity index (χ0v) is 15.0. The minimum Gasteiger partial charge on any atom is -0.306 e. The van der Waals surface area contributed by atoms with Crippen molar-refractivity contribution in [3.63, 3.8) is 0 Å². The van der Waals surface area contributed by atoms with Gasteiger partial charge in [-0.2, -0.15) is 10.0 Å². The summed E-state index contributed by atoms with van der Waals surface area (Å²) in [5, 5.41) is 2.97. The number of hydrogen-bond acceptors (Lipinski definition) is 5. The highest BCUT2D eigenvalue weighted by Crippen LogP contribution is 2.29. The smallest absolute Gasteiger partial charge is 0.306 e. The van der Waals surface area contributed by atoms with E-state index in [1.54, 1.807) is 18.2 Å². The van der Waals surface area contributed by atoms with Crippen molar-refractivity contribution in [1.82, 2.24) is 15.0 Å². The van der Waals surface area contributed by atoms with Gasteiger partial charge in [0.25, 0.3) is 17.8 Å². The highest BCUT2D eigenvalue weighted by molar-refractivity contribution is 6.58.